The Morgan fingerprint density at radius 2 is 1.92 bits per heavy atom. The maximum Gasteiger partial charge on any atom is 0.190 e. The van der Waals surface area contributed by atoms with Crippen LogP contribution in [-0.4, -0.2) is 48.8 Å². The van der Waals surface area contributed by atoms with Crippen LogP contribution in [0.2, 0.25) is 0 Å². The molecule has 0 bridgehead atoms. The lowest BCUT2D eigenvalue weighted by molar-refractivity contribution is -0.239. The predicted octanol–water partition coefficient (Wildman–Crippen LogP) is -0.639. The molecule has 0 aromatic heterocycles. The van der Waals surface area contributed by atoms with E-state index in [1.807, 2.05) is 6.92 Å². The molecule has 13 heavy (non-hydrogen) atoms. The Kier molecular flexibility index (Phi) is 12.1. The molecule has 0 saturated heterocycles. The maximum atomic E-state index is 8.18. The number of hydroxylamine groups is 2. The van der Waals surface area contributed by atoms with Crippen LogP contribution < -0.4 is 5.73 Å². The zero-order chi connectivity index (χ0) is 10.9. The lowest BCUT2D eigenvalue weighted by atomic mass is 10.7. The van der Waals surface area contributed by atoms with Gasteiger partial charge in [-0.1, -0.05) is 18.7 Å². The Labute approximate surface area is 85.9 Å². The molecule has 0 fully saturated rings. The first-order chi connectivity index (χ1) is 5.95. The summed E-state index contributed by atoms with van der Waals surface area (Å²) in [6.45, 7) is 1.79. The van der Waals surface area contributed by atoms with Crippen LogP contribution in [0.15, 0.2) is 0 Å². The Hall–Kier alpha value is 0.0400. The van der Waals surface area contributed by atoms with E-state index in [1.165, 1.54) is 11.8 Å². The fraction of sp³-hybridized carbons (Fsp3) is 0.800. The summed E-state index contributed by atoms with van der Waals surface area (Å²) in [5, 5.41) is 31.9. The van der Waals surface area contributed by atoms with Gasteiger partial charge >= 0.3 is 0 Å². The van der Waals surface area contributed by atoms with Gasteiger partial charge in [-0.05, 0) is 18.0 Å². The molecular formula is C5H14N2O4S2. The number of hydrogen-bond donors (Lipinski definition) is 5. The van der Waals surface area contributed by atoms with Crippen LogP contribution in [0, 0.1) is 0 Å². The highest BCUT2D eigenvalue weighted by Gasteiger charge is 1.98. The first-order valence-electron chi connectivity index (χ1n) is 3.36. The molecule has 0 rings (SSSR count). The topological polar surface area (TPSA) is 110 Å². The highest BCUT2D eigenvalue weighted by Crippen LogP contribution is 2.03. The summed E-state index contributed by atoms with van der Waals surface area (Å²) in [5.74, 6) is 0.746. The molecule has 0 saturated carbocycles. The molecule has 0 aliphatic rings. The molecule has 0 aromatic carbocycles. The van der Waals surface area contributed by atoms with Crippen LogP contribution in [0.1, 0.15) is 6.92 Å². The Balaban J connectivity index is 0. The van der Waals surface area contributed by atoms with E-state index in [0.29, 0.717) is 0 Å². The Morgan fingerprint density at radius 3 is 2.00 bits per heavy atom. The maximum absolute atomic E-state index is 8.18. The van der Waals surface area contributed by atoms with Gasteiger partial charge in [0.25, 0.3) is 0 Å². The normalized spacial score (nSPS) is 9.15. The van der Waals surface area contributed by atoms with Crippen LogP contribution in [0.3, 0.4) is 0 Å². The molecule has 0 radical (unpaired) electrons. The van der Waals surface area contributed by atoms with E-state index in [0.717, 1.165) is 5.75 Å². The summed E-state index contributed by atoms with van der Waals surface area (Å²) < 4.78 is 0.0764. The molecule has 6 N–H and O–H groups in total. The Morgan fingerprint density at radius 1 is 1.54 bits per heavy atom. The molecule has 0 aromatic rings. The zero-order valence-corrected chi connectivity index (χ0v) is 8.75. The zero-order valence-electron chi connectivity index (χ0n) is 7.12. The number of thiocarbonyl (C=S) groups is 1. The molecule has 0 heterocycles. The number of rotatable bonds is 2. The van der Waals surface area contributed by atoms with E-state index in [9.17, 15) is 0 Å². The van der Waals surface area contributed by atoms with Crippen molar-refractivity contribution in [1.29, 1.82) is 0 Å². The van der Waals surface area contributed by atoms with Crippen molar-refractivity contribution < 1.29 is 20.6 Å². The molecule has 80 valence electrons. The number of nitrogens with two attached hydrogens (primary N) is 1. The number of hydrogen-bond acceptors (Lipinski definition) is 7. The third kappa shape index (κ3) is 14.9. The van der Waals surface area contributed by atoms with Gasteiger partial charge in [-0.2, -0.15) is 0 Å². The largest absolute Gasteiger partial charge is 0.367 e. The van der Waals surface area contributed by atoms with Gasteiger partial charge in [0.05, 0.1) is 0 Å². The van der Waals surface area contributed by atoms with Crippen molar-refractivity contribution in [3.05, 3.63) is 0 Å². The number of aliphatic hydroxyl groups excluding tert-OH is 1. The van der Waals surface area contributed by atoms with Crippen molar-refractivity contribution in [2.45, 2.75) is 13.2 Å². The van der Waals surface area contributed by atoms with Crippen molar-refractivity contribution in [2.75, 3.05) is 12.3 Å². The van der Waals surface area contributed by atoms with Crippen LogP contribution >= 0.6 is 24.0 Å². The second-order valence-electron chi connectivity index (χ2n) is 1.70. The van der Waals surface area contributed by atoms with Crippen molar-refractivity contribution in [1.82, 2.24) is 5.23 Å². The van der Waals surface area contributed by atoms with E-state index >= 15 is 0 Å². The van der Waals surface area contributed by atoms with Gasteiger partial charge < -0.3 is 15.9 Å². The first kappa shape index (κ1) is 15.5. The van der Waals surface area contributed by atoms with Crippen LogP contribution in [0.4, 0.5) is 0 Å². The van der Waals surface area contributed by atoms with E-state index < -0.39 is 6.29 Å². The summed E-state index contributed by atoms with van der Waals surface area (Å²) in [5.41, 5.74) is 4.67. The van der Waals surface area contributed by atoms with Crippen molar-refractivity contribution in [3.63, 3.8) is 0 Å². The summed E-state index contributed by atoms with van der Waals surface area (Å²) in [7, 11) is 0. The lowest BCUT2D eigenvalue weighted by Gasteiger charge is -2.05. The average Bonchev–Trinajstić information content (AvgIpc) is 2.06. The highest BCUT2D eigenvalue weighted by molar-refractivity contribution is 8.22. The van der Waals surface area contributed by atoms with Crippen molar-refractivity contribution in [3.8, 4) is 0 Å². The quantitative estimate of drug-likeness (QED) is 0.242. The highest BCUT2D eigenvalue weighted by atomic mass is 32.2. The van der Waals surface area contributed by atoms with E-state index in [-0.39, 0.29) is 16.1 Å². The summed E-state index contributed by atoms with van der Waals surface area (Å²) >= 11 is 5.66. The van der Waals surface area contributed by atoms with Gasteiger partial charge in [0, 0.05) is 6.54 Å². The van der Waals surface area contributed by atoms with Crippen LogP contribution in [-0.2, 0) is 0 Å². The summed E-state index contributed by atoms with van der Waals surface area (Å²) in [6, 6.07) is 0. The standard InChI is InChI=1S/C3H7NO2S2.C2H7NO2/c1-2-8-3(7)4(5)6;3-1-2(4)5/h5-6H,2H2,1H3;2,4-5H,1,3H2. The van der Waals surface area contributed by atoms with Gasteiger partial charge in [0.15, 0.2) is 10.6 Å². The average molecular weight is 230 g/mol. The third-order valence-electron chi connectivity index (χ3n) is 0.642. The summed E-state index contributed by atoms with van der Waals surface area (Å²) in [6.07, 6.45) is -1.34. The number of nitrogens with zero attached hydrogens (tertiary/aromatic N) is 1. The van der Waals surface area contributed by atoms with Gasteiger partial charge in [-0.25, -0.2) is 0 Å². The molecule has 8 heteroatoms. The molecule has 0 amide bonds. The first-order valence-corrected chi connectivity index (χ1v) is 4.75. The molecule has 0 aliphatic carbocycles. The molecule has 0 spiro atoms. The van der Waals surface area contributed by atoms with Gasteiger partial charge in [-0.15, -0.1) is 5.23 Å². The van der Waals surface area contributed by atoms with Crippen molar-refractivity contribution in [2.24, 2.45) is 5.73 Å². The minimum Gasteiger partial charge on any atom is -0.367 e. The molecule has 6 nitrogen and oxygen atoms in total. The van der Waals surface area contributed by atoms with E-state index in [2.05, 4.69) is 18.0 Å². The lowest BCUT2D eigenvalue weighted by Crippen LogP contribution is -2.17. The number of thioether (sulfide) groups is 1. The monoisotopic (exact) mass is 230 g/mol. The SMILES string of the molecule is CCSC(=S)N(O)O.NCC(O)O. The third-order valence-corrected chi connectivity index (χ3v) is 1.86. The van der Waals surface area contributed by atoms with Gasteiger partial charge in [0.2, 0.25) is 0 Å². The minimum absolute atomic E-state index is 0.0521. The van der Waals surface area contributed by atoms with Crippen LogP contribution in [0.25, 0.3) is 0 Å². The van der Waals surface area contributed by atoms with Gasteiger partial charge in [0.1, 0.15) is 0 Å². The fourth-order valence-corrected chi connectivity index (χ4v) is 0.897. The Bertz CT molecular complexity index is 134. The summed E-state index contributed by atoms with van der Waals surface area (Å²) in [4.78, 5) is 0. The molecule has 0 atom stereocenters. The molecule has 0 unspecified atom stereocenters. The fourth-order valence-electron chi connectivity index (χ4n) is 0.181. The van der Waals surface area contributed by atoms with Crippen molar-refractivity contribution >= 4 is 28.3 Å². The number of aliphatic hydroxyl groups is 2. The minimum atomic E-state index is -1.34. The molecular weight excluding hydrogens is 216 g/mol. The second kappa shape index (κ2) is 10.1. The smallest absolute Gasteiger partial charge is 0.190 e. The predicted molar refractivity (Wildman–Crippen MR) is 53.4 cm³/mol. The van der Waals surface area contributed by atoms with Gasteiger partial charge in [-0.3, -0.25) is 10.4 Å². The van der Waals surface area contributed by atoms with E-state index in [1.54, 1.807) is 0 Å². The second-order valence-corrected chi connectivity index (χ2v) is 3.60. The van der Waals surface area contributed by atoms with E-state index in [4.69, 9.17) is 20.6 Å². The van der Waals surface area contributed by atoms with Crippen LogP contribution in [0.5, 0.6) is 0 Å². The molecule has 0 aliphatic heterocycles.